The van der Waals surface area contributed by atoms with Crippen molar-refractivity contribution in [3.05, 3.63) is 59.2 Å². The molecule has 1 saturated heterocycles. The van der Waals surface area contributed by atoms with Crippen LogP contribution in [-0.4, -0.2) is 30.0 Å². The van der Waals surface area contributed by atoms with Gasteiger partial charge in [-0.1, -0.05) is 24.3 Å². The molecule has 0 spiro atoms. The average Bonchev–Trinajstić information content (AvgIpc) is 3.11. The van der Waals surface area contributed by atoms with E-state index in [9.17, 15) is 9.90 Å². The number of hydrogen-bond donors (Lipinski definition) is 2. The van der Waals surface area contributed by atoms with Crippen LogP contribution in [-0.2, 0) is 11.4 Å². The zero-order valence-corrected chi connectivity index (χ0v) is 15.0. The van der Waals surface area contributed by atoms with E-state index < -0.39 is 12.0 Å². The number of methoxy groups -OCH3 is 1. The van der Waals surface area contributed by atoms with Crippen LogP contribution >= 0.6 is 11.8 Å². The van der Waals surface area contributed by atoms with Crippen LogP contribution in [0.2, 0.25) is 0 Å². The van der Waals surface area contributed by atoms with E-state index >= 15 is 0 Å². The summed E-state index contributed by atoms with van der Waals surface area (Å²) in [5.41, 5.74) is 3.22. The van der Waals surface area contributed by atoms with Crippen LogP contribution in [0.4, 0.5) is 0 Å². The highest BCUT2D eigenvalue weighted by Gasteiger charge is 2.32. The van der Waals surface area contributed by atoms with Gasteiger partial charge in [-0.3, -0.25) is 10.1 Å². The standard InChI is InChI=1S/C19H21NO4S/c1-12-5-3-4-6-13(12)10-24-17-9-14(23-2)7-8-15(17)18-20-16(11-25-18)19(21)22/h3-9,16,18,20H,10-11H2,1-2H3,(H,21,22). The first-order chi connectivity index (χ1) is 12.1. The lowest BCUT2D eigenvalue weighted by Crippen LogP contribution is -2.33. The van der Waals surface area contributed by atoms with Gasteiger partial charge in [0.2, 0.25) is 0 Å². The van der Waals surface area contributed by atoms with Gasteiger partial charge in [0.1, 0.15) is 24.1 Å². The second-order valence-electron chi connectivity index (χ2n) is 5.89. The fourth-order valence-corrected chi connectivity index (χ4v) is 3.96. The smallest absolute Gasteiger partial charge is 0.321 e. The van der Waals surface area contributed by atoms with Gasteiger partial charge < -0.3 is 14.6 Å². The number of aliphatic carboxylic acids is 1. The van der Waals surface area contributed by atoms with E-state index in [1.165, 1.54) is 5.56 Å². The topological polar surface area (TPSA) is 67.8 Å². The number of carboxylic acid groups (broad SMARTS) is 1. The SMILES string of the molecule is COc1ccc(C2NC(C(=O)O)CS2)c(OCc2ccccc2C)c1. The summed E-state index contributed by atoms with van der Waals surface area (Å²) in [6.45, 7) is 2.50. The Morgan fingerprint density at radius 1 is 1.32 bits per heavy atom. The van der Waals surface area contributed by atoms with E-state index in [1.54, 1.807) is 18.9 Å². The molecular weight excluding hydrogens is 338 g/mol. The maximum Gasteiger partial charge on any atom is 0.321 e. The van der Waals surface area contributed by atoms with Crippen LogP contribution in [0.5, 0.6) is 11.5 Å². The Morgan fingerprint density at radius 3 is 2.80 bits per heavy atom. The van der Waals surface area contributed by atoms with Gasteiger partial charge in [0.15, 0.2) is 0 Å². The number of thioether (sulfide) groups is 1. The Hall–Kier alpha value is -2.18. The summed E-state index contributed by atoms with van der Waals surface area (Å²) in [5.74, 6) is 1.12. The lowest BCUT2D eigenvalue weighted by molar-refractivity contribution is -0.138. The number of carbonyl (C=O) groups is 1. The van der Waals surface area contributed by atoms with Gasteiger partial charge in [0.05, 0.1) is 12.5 Å². The van der Waals surface area contributed by atoms with Crippen LogP contribution in [0.25, 0.3) is 0 Å². The van der Waals surface area contributed by atoms with Gasteiger partial charge >= 0.3 is 5.97 Å². The van der Waals surface area contributed by atoms with Crippen molar-refractivity contribution in [2.24, 2.45) is 0 Å². The molecule has 1 fully saturated rings. The third-order valence-electron chi connectivity index (χ3n) is 4.23. The molecule has 2 unspecified atom stereocenters. The third kappa shape index (κ3) is 4.08. The number of nitrogens with one attached hydrogen (secondary N) is 1. The Balaban J connectivity index is 1.81. The molecule has 0 aliphatic carbocycles. The van der Waals surface area contributed by atoms with Gasteiger partial charge in [0, 0.05) is 17.4 Å². The normalized spacial score (nSPS) is 19.6. The number of benzene rings is 2. The van der Waals surface area contributed by atoms with Crippen molar-refractivity contribution in [1.82, 2.24) is 5.32 Å². The predicted molar refractivity (Wildman–Crippen MR) is 98.3 cm³/mol. The van der Waals surface area contributed by atoms with Crippen molar-refractivity contribution in [2.45, 2.75) is 24.9 Å². The summed E-state index contributed by atoms with van der Waals surface area (Å²) >= 11 is 1.57. The van der Waals surface area contributed by atoms with Crippen molar-refractivity contribution >= 4 is 17.7 Å². The highest BCUT2D eigenvalue weighted by molar-refractivity contribution is 7.99. The third-order valence-corrected chi connectivity index (χ3v) is 5.48. The van der Waals surface area contributed by atoms with Gasteiger partial charge in [-0.25, -0.2) is 0 Å². The first kappa shape index (κ1) is 17.6. The van der Waals surface area contributed by atoms with E-state index in [2.05, 4.69) is 18.3 Å². The summed E-state index contributed by atoms with van der Waals surface area (Å²) in [7, 11) is 1.61. The number of rotatable bonds is 6. The molecule has 3 rings (SSSR count). The van der Waals surface area contributed by atoms with Gasteiger partial charge in [-0.15, -0.1) is 11.8 Å². The minimum atomic E-state index is -0.828. The Kier molecular flexibility index (Phi) is 5.50. The van der Waals surface area contributed by atoms with Crippen LogP contribution in [0.15, 0.2) is 42.5 Å². The molecule has 0 amide bonds. The molecule has 1 aliphatic rings. The molecule has 132 valence electrons. The molecule has 2 aromatic carbocycles. The molecule has 5 nitrogen and oxygen atoms in total. The molecule has 2 aromatic rings. The lowest BCUT2D eigenvalue weighted by atomic mass is 10.1. The summed E-state index contributed by atoms with van der Waals surface area (Å²) in [4.78, 5) is 11.2. The Labute approximate surface area is 151 Å². The molecule has 25 heavy (non-hydrogen) atoms. The van der Waals surface area contributed by atoms with E-state index in [4.69, 9.17) is 9.47 Å². The monoisotopic (exact) mass is 359 g/mol. The fraction of sp³-hybridized carbons (Fsp3) is 0.316. The second-order valence-corrected chi connectivity index (χ2v) is 7.03. The van der Waals surface area contributed by atoms with E-state index in [-0.39, 0.29) is 5.37 Å². The number of ether oxygens (including phenoxy) is 2. The van der Waals surface area contributed by atoms with Crippen molar-refractivity contribution in [1.29, 1.82) is 0 Å². The number of hydrogen-bond acceptors (Lipinski definition) is 5. The van der Waals surface area contributed by atoms with E-state index in [0.29, 0.717) is 23.9 Å². The predicted octanol–water partition coefficient (Wildman–Crippen LogP) is 3.37. The molecule has 0 saturated carbocycles. The minimum Gasteiger partial charge on any atom is -0.497 e. The molecular formula is C19H21NO4S. The zero-order chi connectivity index (χ0) is 17.8. The largest absolute Gasteiger partial charge is 0.497 e. The van der Waals surface area contributed by atoms with Gasteiger partial charge in [-0.2, -0.15) is 0 Å². The summed E-state index contributed by atoms with van der Waals surface area (Å²) in [6.07, 6.45) is 0. The quantitative estimate of drug-likeness (QED) is 0.824. The number of carboxylic acids is 1. The summed E-state index contributed by atoms with van der Waals surface area (Å²) < 4.78 is 11.4. The first-order valence-corrected chi connectivity index (χ1v) is 9.09. The highest BCUT2D eigenvalue weighted by Crippen LogP contribution is 2.39. The van der Waals surface area contributed by atoms with Gasteiger partial charge in [0.25, 0.3) is 0 Å². The Morgan fingerprint density at radius 2 is 2.12 bits per heavy atom. The van der Waals surface area contributed by atoms with E-state index in [1.807, 2.05) is 36.4 Å². The van der Waals surface area contributed by atoms with Crippen molar-refractivity contribution in [3.8, 4) is 11.5 Å². The zero-order valence-electron chi connectivity index (χ0n) is 14.2. The van der Waals surface area contributed by atoms with Gasteiger partial charge in [-0.05, 0) is 30.2 Å². The highest BCUT2D eigenvalue weighted by atomic mass is 32.2. The van der Waals surface area contributed by atoms with Crippen LogP contribution < -0.4 is 14.8 Å². The van der Waals surface area contributed by atoms with E-state index in [0.717, 1.165) is 11.1 Å². The molecule has 1 heterocycles. The fourth-order valence-electron chi connectivity index (χ4n) is 2.70. The maximum absolute atomic E-state index is 11.2. The molecule has 0 radical (unpaired) electrons. The van der Waals surface area contributed by atoms with Crippen LogP contribution in [0.3, 0.4) is 0 Å². The molecule has 2 atom stereocenters. The Bertz CT molecular complexity index is 765. The molecule has 0 bridgehead atoms. The summed E-state index contributed by atoms with van der Waals surface area (Å²) in [5, 5.41) is 12.2. The van der Waals surface area contributed by atoms with Crippen LogP contribution in [0, 0.1) is 6.92 Å². The lowest BCUT2D eigenvalue weighted by Gasteiger charge is -2.18. The summed E-state index contributed by atoms with van der Waals surface area (Å²) in [6, 6.07) is 13.2. The molecule has 0 aromatic heterocycles. The second kappa shape index (κ2) is 7.80. The average molecular weight is 359 g/mol. The van der Waals surface area contributed by atoms with Crippen molar-refractivity contribution in [3.63, 3.8) is 0 Å². The number of aryl methyl sites for hydroxylation is 1. The van der Waals surface area contributed by atoms with Crippen molar-refractivity contribution < 1.29 is 19.4 Å². The minimum absolute atomic E-state index is 0.112. The first-order valence-electron chi connectivity index (χ1n) is 8.04. The van der Waals surface area contributed by atoms with Crippen LogP contribution in [0.1, 0.15) is 22.1 Å². The molecule has 1 aliphatic heterocycles. The maximum atomic E-state index is 11.2. The molecule has 2 N–H and O–H groups in total. The van der Waals surface area contributed by atoms with Crippen molar-refractivity contribution in [2.75, 3.05) is 12.9 Å². The molecule has 6 heteroatoms.